The van der Waals surface area contributed by atoms with E-state index in [0.717, 1.165) is 25.1 Å². The standard InChI is InChI=1S/C16H18N2O/c1-19-16-8-4-7-15(18-16)17-14-10-9-12-5-2-3-6-13(12)11-14/h2-8,14H,9-11H2,1H3,(H,17,18). The van der Waals surface area contributed by atoms with Crippen molar-refractivity contribution < 1.29 is 4.74 Å². The highest BCUT2D eigenvalue weighted by Crippen LogP contribution is 2.23. The van der Waals surface area contributed by atoms with Gasteiger partial charge in [-0.05, 0) is 36.5 Å². The highest BCUT2D eigenvalue weighted by atomic mass is 16.5. The first-order valence-electron chi connectivity index (χ1n) is 6.69. The summed E-state index contributed by atoms with van der Waals surface area (Å²) in [6.45, 7) is 0. The van der Waals surface area contributed by atoms with Crippen LogP contribution in [-0.2, 0) is 12.8 Å². The molecule has 0 radical (unpaired) electrons. The Hall–Kier alpha value is -2.03. The lowest BCUT2D eigenvalue weighted by molar-refractivity contribution is 0.398. The van der Waals surface area contributed by atoms with Gasteiger partial charge < -0.3 is 10.1 Å². The smallest absolute Gasteiger partial charge is 0.214 e. The highest BCUT2D eigenvalue weighted by molar-refractivity contribution is 5.40. The Kier molecular flexibility index (Phi) is 3.36. The largest absolute Gasteiger partial charge is 0.481 e. The number of nitrogens with one attached hydrogen (secondary N) is 1. The van der Waals surface area contributed by atoms with Gasteiger partial charge in [0.15, 0.2) is 0 Å². The molecule has 1 aromatic carbocycles. The molecule has 98 valence electrons. The Bertz CT molecular complexity index is 568. The van der Waals surface area contributed by atoms with Gasteiger partial charge >= 0.3 is 0 Å². The van der Waals surface area contributed by atoms with E-state index in [-0.39, 0.29) is 0 Å². The van der Waals surface area contributed by atoms with Crippen LogP contribution in [0.2, 0.25) is 0 Å². The van der Waals surface area contributed by atoms with E-state index in [9.17, 15) is 0 Å². The van der Waals surface area contributed by atoms with Crippen LogP contribution < -0.4 is 10.1 Å². The van der Waals surface area contributed by atoms with E-state index in [1.54, 1.807) is 7.11 Å². The van der Waals surface area contributed by atoms with Gasteiger partial charge in [-0.15, -0.1) is 0 Å². The van der Waals surface area contributed by atoms with E-state index in [1.165, 1.54) is 11.1 Å². The minimum absolute atomic E-state index is 0.453. The van der Waals surface area contributed by atoms with Crippen LogP contribution in [0.25, 0.3) is 0 Å². The van der Waals surface area contributed by atoms with E-state index < -0.39 is 0 Å². The number of methoxy groups -OCH3 is 1. The number of hydrogen-bond donors (Lipinski definition) is 1. The first-order valence-corrected chi connectivity index (χ1v) is 6.69. The number of pyridine rings is 1. The summed E-state index contributed by atoms with van der Waals surface area (Å²) in [7, 11) is 1.64. The van der Waals surface area contributed by atoms with Crippen molar-refractivity contribution in [2.75, 3.05) is 12.4 Å². The average molecular weight is 254 g/mol. The molecule has 3 heteroatoms. The van der Waals surface area contributed by atoms with Crippen molar-refractivity contribution in [2.45, 2.75) is 25.3 Å². The summed E-state index contributed by atoms with van der Waals surface area (Å²) in [5.74, 6) is 1.55. The van der Waals surface area contributed by atoms with Gasteiger partial charge in [-0.1, -0.05) is 30.3 Å². The topological polar surface area (TPSA) is 34.1 Å². The number of aromatic nitrogens is 1. The molecule has 0 spiro atoms. The molecular formula is C16H18N2O. The Morgan fingerprint density at radius 2 is 1.95 bits per heavy atom. The minimum atomic E-state index is 0.453. The van der Waals surface area contributed by atoms with Crippen molar-refractivity contribution in [1.82, 2.24) is 4.98 Å². The third kappa shape index (κ3) is 2.70. The fourth-order valence-corrected chi connectivity index (χ4v) is 2.64. The molecule has 0 saturated carbocycles. The summed E-state index contributed by atoms with van der Waals surface area (Å²) in [6.07, 6.45) is 3.35. The molecule has 19 heavy (non-hydrogen) atoms. The molecule has 3 nitrogen and oxygen atoms in total. The molecule has 1 N–H and O–H groups in total. The normalized spacial score (nSPS) is 17.6. The van der Waals surface area contributed by atoms with Crippen molar-refractivity contribution in [3.05, 3.63) is 53.6 Å². The molecule has 3 rings (SSSR count). The van der Waals surface area contributed by atoms with Crippen molar-refractivity contribution in [2.24, 2.45) is 0 Å². The predicted octanol–water partition coefficient (Wildman–Crippen LogP) is 3.06. The van der Waals surface area contributed by atoms with Crippen molar-refractivity contribution in [3.63, 3.8) is 0 Å². The molecular weight excluding hydrogens is 236 g/mol. The maximum Gasteiger partial charge on any atom is 0.214 e. The van der Waals surface area contributed by atoms with E-state index >= 15 is 0 Å². The lowest BCUT2D eigenvalue weighted by Crippen LogP contribution is -2.27. The zero-order valence-corrected chi connectivity index (χ0v) is 11.1. The first kappa shape index (κ1) is 12.0. The molecule has 0 bridgehead atoms. The number of hydrogen-bond acceptors (Lipinski definition) is 3. The van der Waals surface area contributed by atoms with Crippen LogP contribution in [0.3, 0.4) is 0 Å². The van der Waals surface area contributed by atoms with Crippen molar-refractivity contribution >= 4 is 5.82 Å². The maximum absolute atomic E-state index is 5.15. The van der Waals surface area contributed by atoms with Crippen LogP contribution in [0.15, 0.2) is 42.5 Å². The molecule has 1 heterocycles. The lowest BCUT2D eigenvalue weighted by atomic mass is 9.88. The first-order chi connectivity index (χ1) is 9.35. The third-order valence-electron chi connectivity index (χ3n) is 3.63. The van der Waals surface area contributed by atoms with Crippen LogP contribution in [0.1, 0.15) is 17.5 Å². The molecule has 1 aromatic heterocycles. The van der Waals surface area contributed by atoms with Crippen molar-refractivity contribution in [1.29, 1.82) is 0 Å². The van der Waals surface area contributed by atoms with Crippen LogP contribution in [0.5, 0.6) is 5.88 Å². The third-order valence-corrected chi connectivity index (χ3v) is 3.63. The molecule has 0 saturated heterocycles. The highest BCUT2D eigenvalue weighted by Gasteiger charge is 2.18. The number of ether oxygens (including phenoxy) is 1. The molecule has 1 aliphatic carbocycles. The SMILES string of the molecule is COc1cccc(NC2CCc3ccccc3C2)n1. The van der Waals surface area contributed by atoms with Gasteiger partial charge in [0.1, 0.15) is 5.82 Å². The van der Waals surface area contributed by atoms with E-state index in [2.05, 4.69) is 34.6 Å². The molecule has 1 aliphatic rings. The van der Waals surface area contributed by atoms with Crippen LogP contribution >= 0.6 is 0 Å². The second-order valence-electron chi connectivity index (χ2n) is 4.92. The summed E-state index contributed by atoms with van der Waals surface area (Å²) in [5.41, 5.74) is 2.94. The van der Waals surface area contributed by atoms with Gasteiger partial charge in [-0.25, -0.2) is 0 Å². The number of fused-ring (bicyclic) bond motifs is 1. The van der Waals surface area contributed by atoms with E-state index in [1.807, 2.05) is 18.2 Å². The number of anilines is 1. The molecule has 0 fully saturated rings. The number of nitrogens with zero attached hydrogens (tertiary/aromatic N) is 1. The summed E-state index contributed by atoms with van der Waals surface area (Å²) in [4.78, 5) is 4.41. The van der Waals surface area contributed by atoms with Gasteiger partial charge in [0, 0.05) is 12.1 Å². The predicted molar refractivity (Wildman–Crippen MR) is 76.7 cm³/mol. The Balaban J connectivity index is 1.71. The van der Waals surface area contributed by atoms with Gasteiger partial charge in [0.25, 0.3) is 0 Å². The maximum atomic E-state index is 5.15. The van der Waals surface area contributed by atoms with Crippen LogP contribution in [0, 0.1) is 0 Å². The molecule has 1 unspecified atom stereocenters. The molecule has 0 aliphatic heterocycles. The number of rotatable bonds is 3. The van der Waals surface area contributed by atoms with Crippen molar-refractivity contribution in [3.8, 4) is 5.88 Å². The van der Waals surface area contributed by atoms with Gasteiger partial charge in [-0.2, -0.15) is 4.98 Å². The van der Waals surface area contributed by atoms with Crippen LogP contribution in [0.4, 0.5) is 5.82 Å². The van der Waals surface area contributed by atoms with Crippen LogP contribution in [-0.4, -0.2) is 18.1 Å². The molecule has 1 atom stereocenters. The summed E-state index contributed by atoms with van der Waals surface area (Å²) in [6, 6.07) is 15.0. The zero-order valence-electron chi connectivity index (χ0n) is 11.1. The zero-order chi connectivity index (χ0) is 13.1. The lowest BCUT2D eigenvalue weighted by Gasteiger charge is -2.25. The quantitative estimate of drug-likeness (QED) is 0.914. The van der Waals surface area contributed by atoms with Gasteiger partial charge in [-0.3, -0.25) is 0 Å². The molecule has 2 aromatic rings. The Labute approximate surface area is 113 Å². The second kappa shape index (κ2) is 5.31. The Morgan fingerprint density at radius 1 is 1.11 bits per heavy atom. The van der Waals surface area contributed by atoms with Gasteiger partial charge in [0.2, 0.25) is 5.88 Å². The fraction of sp³-hybridized carbons (Fsp3) is 0.312. The molecule has 0 amide bonds. The second-order valence-corrected chi connectivity index (χ2v) is 4.92. The number of benzene rings is 1. The fourth-order valence-electron chi connectivity index (χ4n) is 2.64. The number of aryl methyl sites for hydroxylation is 1. The summed E-state index contributed by atoms with van der Waals surface area (Å²) >= 11 is 0. The van der Waals surface area contributed by atoms with E-state index in [0.29, 0.717) is 11.9 Å². The monoisotopic (exact) mass is 254 g/mol. The van der Waals surface area contributed by atoms with E-state index in [4.69, 9.17) is 4.74 Å². The van der Waals surface area contributed by atoms with Gasteiger partial charge in [0.05, 0.1) is 7.11 Å². The summed E-state index contributed by atoms with van der Waals surface area (Å²) in [5, 5.41) is 3.51. The summed E-state index contributed by atoms with van der Waals surface area (Å²) < 4.78 is 5.15. The Morgan fingerprint density at radius 3 is 2.79 bits per heavy atom. The average Bonchev–Trinajstić information content (AvgIpc) is 2.47. The minimum Gasteiger partial charge on any atom is -0.481 e.